The number of rotatable bonds is 1. The summed E-state index contributed by atoms with van der Waals surface area (Å²) in [5, 5.41) is 7.46. The molecule has 0 atom stereocenters. The fourth-order valence-electron chi connectivity index (χ4n) is 0.706. The summed E-state index contributed by atoms with van der Waals surface area (Å²) < 4.78 is 0. The predicted molar refractivity (Wildman–Crippen MR) is 43.8 cm³/mol. The van der Waals surface area contributed by atoms with Crippen LogP contribution in [0.15, 0.2) is 18.2 Å². The first-order chi connectivity index (χ1) is 4.75. The molecule has 0 saturated carbocycles. The van der Waals surface area contributed by atoms with Crippen molar-refractivity contribution in [1.29, 1.82) is 5.41 Å². The highest BCUT2D eigenvalue weighted by molar-refractivity contribution is 6.33. The van der Waals surface area contributed by atoms with Crippen LogP contribution in [0.1, 0.15) is 5.56 Å². The lowest BCUT2D eigenvalue weighted by atomic mass is 10.2. The van der Waals surface area contributed by atoms with Crippen LogP contribution in [0.4, 0.5) is 5.69 Å². The lowest BCUT2D eigenvalue weighted by Crippen LogP contribution is -1.92. The van der Waals surface area contributed by atoms with E-state index in [-0.39, 0.29) is 0 Å². The van der Waals surface area contributed by atoms with Gasteiger partial charge in [-0.3, -0.25) is 0 Å². The molecule has 0 saturated heterocycles. The summed E-state index contributed by atoms with van der Waals surface area (Å²) in [7, 11) is 0. The van der Waals surface area contributed by atoms with Gasteiger partial charge in [0.1, 0.15) is 0 Å². The summed E-state index contributed by atoms with van der Waals surface area (Å²) in [4.78, 5) is 0. The van der Waals surface area contributed by atoms with E-state index in [0.717, 1.165) is 6.21 Å². The van der Waals surface area contributed by atoms with Gasteiger partial charge in [0.05, 0.1) is 5.02 Å². The molecule has 0 aliphatic carbocycles. The number of nitrogens with two attached hydrogens (primary N) is 1. The van der Waals surface area contributed by atoms with Gasteiger partial charge in [0.25, 0.3) is 0 Å². The van der Waals surface area contributed by atoms with Crippen molar-refractivity contribution in [3.63, 3.8) is 0 Å². The first-order valence-electron chi connectivity index (χ1n) is 2.80. The third kappa shape index (κ3) is 1.11. The molecular formula is C7H7ClN2. The van der Waals surface area contributed by atoms with Crippen LogP contribution in [-0.2, 0) is 0 Å². The molecule has 0 fully saturated rings. The quantitative estimate of drug-likeness (QED) is 0.471. The maximum atomic E-state index is 6.94. The Morgan fingerprint density at radius 3 is 2.60 bits per heavy atom. The Kier molecular flexibility index (Phi) is 1.92. The van der Waals surface area contributed by atoms with Gasteiger partial charge in [0.15, 0.2) is 0 Å². The molecule has 0 radical (unpaired) electrons. The van der Waals surface area contributed by atoms with E-state index in [0.29, 0.717) is 16.3 Å². The summed E-state index contributed by atoms with van der Waals surface area (Å²) in [6.45, 7) is 0. The molecule has 0 amide bonds. The third-order valence-corrected chi connectivity index (χ3v) is 1.56. The molecule has 0 bridgehead atoms. The van der Waals surface area contributed by atoms with E-state index in [9.17, 15) is 0 Å². The van der Waals surface area contributed by atoms with Gasteiger partial charge < -0.3 is 11.1 Å². The van der Waals surface area contributed by atoms with Gasteiger partial charge in [-0.15, -0.1) is 0 Å². The monoisotopic (exact) mass is 154 g/mol. The summed E-state index contributed by atoms with van der Waals surface area (Å²) in [5.41, 5.74) is 6.63. The van der Waals surface area contributed by atoms with Crippen molar-refractivity contribution in [1.82, 2.24) is 0 Å². The summed E-state index contributed by atoms with van der Waals surface area (Å²) in [6.07, 6.45) is 1.15. The van der Waals surface area contributed by atoms with E-state index in [1.165, 1.54) is 0 Å². The van der Waals surface area contributed by atoms with Gasteiger partial charge >= 0.3 is 0 Å². The van der Waals surface area contributed by atoms with Crippen LogP contribution in [0.5, 0.6) is 0 Å². The molecule has 1 rings (SSSR count). The maximum Gasteiger partial charge on any atom is 0.0514 e. The number of benzene rings is 1. The fraction of sp³-hybridized carbons (Fsp3) is 0. The van der Waals surface area contributed by atoms with Crippen molar-refractivity contribution < 1.29 is 0 Å². The van der Waals surface area contributed by atoms with Crippen molar-refractivity contribution in [2.75, 3.05) is 5.73 Å². The van der Waals surface area contributed by atoms with Gasteiger partial charge in [-0.25, -0.2) is 0 Å². The van der Waals surface area contributed by atoms with Crippen LogP contribution >= 0.6 is 11.6 Å². The first kappa shape index (κ1) is 7.09. The van der Waals surface area contributed by atoms with E-state index in [1.54, 1.807) is 18.2 Å². The predicted octanol–water partition coefficient (Wildman–Crippen LogP) is 1.92. The van der Waals surface area contributed by atoms with Gasteiger partial charge in [-0.05, 0) is 12.1 Å². The second kappa shape index (κ2) is 2.71. The van der Waals surface area contributed by atoms with Crippen LogP contribution in [0, 0.1) is 5.41 Å². The van der Waals surface area contributed by atoms with Crippen LogP contribution in [0.25, 0.3) is 0 Å². The number of hydrogen-bond donors (Lipinski definition) is 2. The Morgan fingerprint density at radius 1 is 1.50 bits per heavy atom. The molecule has 0 spiro atoms. The van der Waals surface area contributed by atoms with Gasteiger partial charge in [-0.1, -0.05) is 17.7 Å². The van der Waals surface area contributed by atoms with Crippen molar-refractivity contribution in [3.8, 4) is 0 Å². The minimum atomic E-state index is 0.523. The second-order valence-corrected chi connectivity index (χ2v) is 2.29. The van der Waals surface area contributed by atoms with Crippen molar-refractivity contribution in [2.45, 2.75) is 0 Å². The second-order valence-electron chi connectivity index (χ2n) is 1.89. The Hall–Kier alpha value is -1.02. The van der Waals surface area contributed by atoms with E-state index in [2.05, 4.69) is 0 Å². The van der Waals surface area contributed by atoms with Crippen LogP contribution < -0.4 is 5.73 Å². The maximum absolute atomic E-state index is 6.94. The Balaban J connectivity index is 3.30. The van der Waals surface area contributed by atoms with Crippen LogP contribution in [0.2, 0.25) is 5.02 Å². The zero-order valence-corrected chi connectivity index (χ0v) is 6.02. The molecular weight excluding hydrogens is 148 g/mol. The molecule has 1 aromatic rings. The Labute approximate surface area is 64.1 Å². The van der Waals surface area contributed by atoms with Gasteiger partial charge in [-0.2, -0.15) is 0 Å². The van der Waals surface area contributed by atoms with Gasteiger partial charge in [0, 0.05) is 17.5 Å². The topological polar surface area (TPSA) is 49.9 Å². The molecule has 0 unspecified atom stereocenters. The number of nitrogen functional groups attached to an aromatic ring is 1. The normalized spacial score (nSPS) is 9.30. The first-order valence-corrected chi connectivity index (χ1v) is 3.18. The molecule has 0 aliphatic heterocycles. The number of halogens is 1. The molecule has 0 aliphatic rings. The highest BCUT2D eigenvalue weighted by atomic mass is 35.5. The smallest absolute Gasteiger partial charge is 0.0514 e. The third-order valence-electron chi connectivity index (χ3n) is 1.23. The van der Waals surface area contributed by atoms with Crippen molar-refractivity contribution in [3.05, 3.63) is 28.8 Å². The molecule has 3 heteroatoms. The van der Waals surface area contributed by atoms with Crippen LogP contribution in [-0.4, -0.2) is 6.21 Å². The average molecular weight is 155 g/mol. The van der Waals surface area contributed by atoms with E-state index < -0.39 is 0 Å². The molecule has 0 heterocycles. The lowest BCUT2D eigenvalue weighted by Gasteiger charge is -1.99. The molecule has 2 nitrogen and oxygen atoms in total. The number of hydrogen-bond acceptors (Lipinski definition) is 2. The molecule has 3 N–H and O–H groups in total. The van der Waals surface area contributed by atoms with E-state index >= 15 is 0 Å². The number of anilines is 1. The molecule has 52 valence electrons. The van der Waals surface area contributed by atoms with Crippen LogP contribution in [0.3, 0.4) is 0 Å². The number of nitrogens with one attached hydrogen (secondary N) is 1. The molecule has 1 aromatic carbocycles. The standard InChI is InChI=1S/C7H7ClN2/c8-6-2-1-3-7(10)5(6)4-9/h1-4,9H,10H2. The van der Waals surface area contributed by atoms with E-state index in [4.69, 9.17) is 22.7 Å². The fourth-order valence-corrected chi connectivity index (χ4v) is 0.942. The summed E-state index contributed by atoms with van der Waals surface area (Å²) in [6, 6.07) is 5.18. The average Bonchev–Trinajstić information content (AvgIpc) is 1.88. The van der Waals surface area contributed by atoms with E-state index in [1.807, 2.05) is 0 Å². The largest absolute Gasteiger partial charge is 0.398 e. The lowest BCUT2D eigenvalue weighted by molar-refractivity contribution is 1.54. The zero-order chi connectivity index (χ0) is 7.56. The zero-order valence-electron chi connectivity index (χ0n) is 5.26. The molecule has 10 heavy (non-hydrogen) atoms. The summed E-state index contributed by atoms with van der Waals surface area (Å²) in [5.74, 6) is 0. The minimum absolute atomic E-state index is 0.523. The highest BCUT2D eigenvalue weighted by Crippen LogP contribution is 2.18. The highest BCUT2D eigenvalue weighted by Gasteiger charge is 1.98. The SMILES string of the molecule is N=Cc1c(N)cccc1Cl. The molecule has 0 aromatic heterocycles. The van der Waals surface area contributed by atoms with Crippen molar-refractivity contribution >= 4 is 23.5 Å². The minimum Gasteiger partial charge on any atom is -0.398 e. The summed E-state index contributed by atoms with van der Waals surface area (Å²) >= 11 is 5.70. The Bertz CT molecular complexity index is 238. The Morgan fingerprint density at radius 2 is 2.20 bits per heavy atom. The van der Waals surface area contributed by atoms with Gasteiger partial charge in [0.2, 0.25) is 0 Å². The van der Waals surface area contributed by atoms with Crippen molar-refractivity contribution in [2.24, 2.45) is 0 Å².